The van der Waals surface area contributed by atoms with E-state index in [1.165, 1.54) is 37.8 Å². The summed E-state index contributed by atoms with van der Waals surface area (Å²) in [6.45, 7) is 5.44. The predicted molar refractivity (Wildman–Crippen MR) is 220 cm³/mol. The van der Waals surface area contributed by atoms with Crippen molar-refractivity contribution in [1.29, 1.82) is 10.5 Å². The molecule has 23 heteroatoms. The molecule has 0 radical (unpaired) electrons. The fourth-order valence-electron chi connectivity index (χ4n) is 5.75. The van der Waals surface area contributed by atoms with Gasteiger partial charge in [0.25, 0.3) is 5.91 Å². The van der Waals surface area contributed by atoms with Gasteiger partial charge in [0, 0.05) is 28.5 Å². The molecule has 64 heavy (non-hydrogen) atoms. The number of carbonyl (C=O) groups excluding carboxylic acids is 3. The number of aliphatic imine (C=N–C) groups is 1. The van der Waals surface area contributed by atoms with Gasteiger partial charge in [0.1, 0.15) is 36.5 Å². The molecule has 0 atom stereocenters. The van der Waals surface area contributed by atoms with E-state index in [-0.39, 0.29) is 24.5 Å². The van der Waals surface area contributed by atoms with Crippen LogP contribution in [0.4, 0.5) is 13.2 Å². The van der Waals surface area contributed by atoms with Crippen LogP contribution in [-0.4, -0.2) is 109 Å². The molecule has 0 fully saturated rings. The van der Waals surface area contributed by atoms with Crippen molar-refractivity contribution in [1.82, 2.24) is 19.6 Å². The Morgan fingerprint density at radius 2 is 1.20 bits per heavy atom. The van der Waals surface area contributed by atoms with Crippen LogP contribution in [0.1, 0.15) is 48.1 Å². The number of aldehydes is 1. The van der Waals surface area contributed by atoms with E-state index in [0.717, 1.165) is 11.1 Å². The largest absolute Gasteiger partial charge is 0.493 e. The van der Waals surface area contributed by atoms with E-state index in [9.17, 15) is 32.8 Å². The average Bonchev–Trinajstić information content (AvgIpc) is 3.93. The van der Waals surface area contributed by atoms with Crippen LogP contribution in [0.25, 0.3) is 21.8 Å². The van der Waals surface area contributed by atoms with Gasteiger partial charge >= 0.3 is 18.1 Å². The standard InChI is InChI=1S/C16H19N3O4.C12H13N3O5.C11H10N2O2.C2HF3O/c1-16(2,3)23-15(20)9-19-12-7-14(22-5)13(21-4)6-10(12)11(8-17)18-19;1-19-8-3-6-7(4-9(8)20-2)15(5-10(16)17)14-11(6)12(13)18;1-14-10-3-7-6-13-9(5-12)8(7)4-11(10)15-2;3-2(4,5)1-6/h6-7H,9H2,1-5H3;3-4H,5H2,1-2H3,(H2,13,18)(H,16,17);3-4H,6H2,1-2H3;1H. The van der Waals surface area contributed by atoms with Crippen molar-refractivity contribution in [2.75, 3.05) is 42.7 Å². The zero-order valence-electron chi connectivity index (χ0n) is 35.9. The zero-order chi connectivity index (χ0) is 48.1. The summed E-state index contributed by atoms with van der Waals surface area (Å²) in [7, 11) is 9.10. The number of carboxylic acids is 1. The Bertz CT molecular complexity index is 2650. The lowest BCUT2D eigenvalue weighted by Crippen LogP contribution is -2.26. The van der Waals surface area contributed by atoms with Crippen LogP contribution in [0.2, 0.25) is 0 Å². The van der Waals surface area contributed by atoms with E-state index in [2.05, 4.69) is 21.3 Å². The van der Waals surface area contributed by atoms with Crippen LogP contribution in [-0.2, 0) is 38.8 Å². The first-order valence-corrected chi connectivity index (χ1v) is 18.2. The number of rotatable bonds is 11. The number of aliphatic carboxylic acids is 1. The molecule has 0 saturated carbocycles. The van der Waals surface area contributed by atoms with Crippen LogP contribution in [0, 0.1) is 22.7 Å². The van der Waals surface area contributed by atoms with Gasteiger partial charge < -0.3 is 44.0 Å². The molecule has 340 valence electrons. The molecule has 2 aromatic heterocycles. The number of primary amides is 1. The second-order valence-corrected chi connectivity index (χ2v) is 13.7. The minimum Gasteiger partial charge on any atom is -0.493 e. The van der Waals surface area contributed by atoms with Crippen molar-refractivity contribution in [2.24, 2.45) is 10.7 Å². The number of aromatic nitrogens is 4. The van der Waals surface area contributed by atoms with Crippen LogP contribution in [0.3, 0.4) is 0 Å². The lowest BCUT2D eigenvalue weighted by molar-refractivity contribution is -0.156. The highest BCUT2D eigenvalue weighted by atomic mass is 19.4. The van der Waals surface area contributed by atoms with E-state index in [1.54, 1.807) is 65.3 Å². The number of nitrogens with two attached hydrogens (primary N) is 1. The molecule has 20 nitrogen and oxygen atoms in total. The summed E-state index contributed by atoms with van der Waals surface area (Å²) in [5.41, 5.74) is 8.21. The molecule has 3 heterocycles. The first-order valence-electron chi connectivity index (χ1n) is 18.2. The third kappa shape index (κ3) is 12.7. The van der Waals surface area contributed by atoms with Crippen molar-refractivity contribution in [3.05, 3.63) is 58.9 Å². The van der Waals surface area contributed by atoms with Crippen molar-refractivity contribution < 1.29 is 70.6 Å². The topological polar surface area (TPSA) is 275 Å². The third-order valence-electron chi connectivity index (χ3n) is 8.35. The number of hydrogen-bond acceptors (Lipinski definition) is 16. The summed E-state index contributed by atoms with van der Waals surface area (Å²) >= 11 is 0. The molecule has 0 bridgehead atoms. The lowest BCUT2D eigenvalue weighted by Gasteiger charge is -2.19. The van der Waals surface area contributed by atoms with Gasteiger partial charge in [0.15, 0.2) is 45.9 Å². The number of alkyl halides is 3. The van der Waals surface area contributed by atoms with Gasteiger partial charge in [-0.1, -0.05) is 0 Å². The number of benzene rings is 3. The predicted octanol–water partition coefficient (Wildman–Crippen LogP) is 4.78. The smallest absolute Gasteiger partial charge is 0.446 e. The molecule has 3 aromatic carbocycles. The first kappa shape index (κ1) is 50.3. The van der Waals surface area contributed by atoms with Gasteiger partial charge in [-0.25, -0.2) is 0 Å². The maximum atomic E-state index is 12.0. The number of methoxy groups -OCH3 is 6. The Hall–Kier alpha value is -8.08. The molecule has 0 spiro atoms. The maximum absolute atomic E-state index is 12.0. The third-order valence-corrected chi connectivity index (χ3v) is 8.35. The van der Waals surface area contributed by atoms with E-state index in [1.807, 2.05) is 12.1 Å². The number of nitrogens with zero attached hydrogens (tertiary/aromatic N) is 7. The van der Waals surface area contributed by atoms with Gasteiger partial charge in [-0.2, -0.15) is 33.9 Å². The molecule has 0 aliphatic carbocycles. The molecule has 5 aromatic rings. The summed E-state index contributed by atoms with van der Waals surface area (Å²) in [6, 6.07) is 14.2. The van der Waals surface area contributed by atoms with Crippen molar-refractivity contribution in [2.45, 2.75) is 52.2 Å². The SMILES string of the molecule is COc1cc2c(C#N)nn(CC(=O)OC(C)(C)C)c2cc1OC.COc1cc2c(C(N)=O)nn(CC(=O)O)c2cc1OC.COc1cc2c(cc1OC)C(C#N)=NC2.O=CC(F)(F)F. The minimum atomic E-state index is -4.64. The number of halogens is 3. The number of nitriles is 2. The number of esters is 1. The fraction of sp³-hybridized carbons (Fsp3) is 0.341. The number of carbonyl (C=O) groups is 4. The van der Waals surface area contributed by atoms with Crippen molar-refractivity contribution in [3.63, 3.8) is 0 Å². The summed E-state index contributed by atoms with van der Waals surface area (Å²) in [5.74, 6) is 0.836. The number of ether oxygens (including phenoxy) is 7. The van der Waals surface area contributed by atoms with Crippen molar-refractivity contribution >= 4 is 51.6 Å². The maximum Gasteiger partial charge on any atom is 0.446 e. The zero-order valence-corrected chi connectivity index (χ0v) is 35.9. The van der Waals surface area contributed by atoms with E-state index < -0.39 is 35.9 Å². The second-order valence-electron chi connectivity index (χ2n) is 13.7. The lowest BCUT2D eigenvalue weighted by atomic mass is 10.1. The molecular weight excluding hydrogens is 853 g/mol. The highest BCUT2D eigenvalue weighted by Crippen LogP contribution is 2.36. The van der Waals surface area contributed by atoms with Gasteiger partial charge in [-0.15, -0.1) is 0 Å². The quantitative estimate of drug-likeness (QED) is 0.133. The molecule has 6 rings (SSSR count). The number of fused-ring (bicyclic) bond motifs is 3. The number of hydrogen-bond donors (Lipinski definition) is 2. The van der Waals surface area contributed by atoms with Gasteiger partial charge in [-0.05, 0) is 50.6 Å². The van der Waals surface area contributed by atoms with Crippen LogP contribution in [0.15, 0.2) is 41.4 Å². The molecular formula is C41H43F3N8O12. The first-order chi connectivity index (χ1) is 30.1. The Balaban J connectivity index is 0.000000243. The molecule has 1 amide bonds. The van der Waals surface area contributed by atoms with Gasteiger partial charge in [-0.3, -0.25) is 33.5 Å². The van der Waals surface area contributed by atoms with Crippen LogP contribution < -0.4 is 34.2 Å². The minimum absolute atomic E-state index is 0.0118. The number of amides is 1. The number of carboxylic acid groups (broad SMARTS) is 1. The average molecular weight is 897 g/mol. The van der Waals surface area contributed by atoms with Crippen LogP contribution >= 0.6 is 0 Å². The summed E-state index contributed by atoms with van der Waals surface area (Å²) in [6.07, 6.45) is -5.70. The summed E-state index contributed by atoms with van der Waals surface area (Å²) in [4.78, 5) is 47.1. The fourth-order valence-corrected chi connectivity index (χ4v) is 5.75. The highest BCUT2D eigenvalue weighted by molar-refractivity contribution is 6.14. The van der Waals surface area contributed by atoms with E-state index in [4.69, 9.17) is 54.1 Å². The Morgan fingerprint density at radius 3 is 1.64 bits per heavy atom. The van der Waals surface area contributed by atoms with Crippen LogP contribution in [0.5, 0.6) is 34.5 Å². The molecule has 1 aliphatic heterocycles. The Morgan fingerprint density at radius 1 is 0.750 bits per heavy atom. The van der Waals surface area contributed by atoms with Gasteiger partial charge in [0.2, 0.25) is 6.29 Å². The highest BCUT2D eigenvalue weighted by Gasteiger charge is 2.25. The monoisotopic (exact) mass is 896 g/mol. The van der Waals surface area contributed by atoms with Crippen molar-refractivity contribution in [3.8, 4) is 46.6 Å². The summed E-state index contributed by atoms with van der Waals surface area (Å²) in [5, 5.41) is 36.1. The normalized spacial score (nSPS) is 11.3. The Labute approximate surface area is 363 Å². The Kier molecular flexibility index (Phi) is 17.0. The van der Waals surface area contributed by atoms with E-state index >= 15 is 0 Å². The molecule has 0 saturated heterocycles. The second kappa shape index (κ2) is 21.6. The van der Waals surface area contributed by atoms with Gasteiger partial charge in [0.05, 0.1) is 60.2 Å². The molecule has 0 unspecified atom stereocenters. The molecule has 1 aliphatic rings. The molecule has 3 N–H and O–H groups in total. The summed E-state index contributed by atoms with van der Waals surface area (Å²) < 4.78 is 70.3. The van der Waals surface area contributed by atoms with E-state index in [0.29, 0.717) is 68.6 Å².